The van der Waals surface area contributed by atoms with E-state index in [2.05, 4.69) is 20.9 Å². The molecule has 1 aromatic heterocycles. The molecule has 0 radical (unpaired) electrons. The van der Waals surface area contributed by atoms with Crippen molar-refractivity contribution in [2.24, 2.45) is 0 Å². The summed E-state index contributed by atoms with van der Waals surface area (Å²) >= 11 is 3.38. The summed E-state index contributed by atoms with van der Waals surface area (Å²) in [5.41, 5.74) is 0.753. The predicted octanol–water partition coefficient (Wildman–Crippen LogP) is 3.49. The average Bonchev–Trinajstić information content (AvgIpc) is 2.34. The number of ether oxygens (including phenoxy) is 1. The molecule has 0 bridgehead atoms. The fraction of sp³-hybridized carbons (Fsp3) is 0.308. The normalized spacial score (nSPS) is 10.6. The van der Waals surface area contributed by atoms with E-state index >= 15 is 0 Å². The molecule has 0 saturated carbocycles. The largest absolute Gasteiger partial charge is 0.508 e. The van der Waals surface area contributed by atoms with E-state index < -0.39 is 0 Å². The zero-order valence-electron chi connectivity index (χ0n) is 9.40. The zero-order valence-corrected chi connectivity index (χ0v) is 11.0. The molecule has 17 heavy (non-hydrogen) atoms. The van der Waals surface area contributed by atoms with Crippen LogP contribution in [0.25, 0.3) is 10.9 Å². The van der Waals surface area contributed by atoms with E-state index in [1.807, 2.05) is 18.2 Å². The Morgan fingerprint density at radius 2 is 2.00 bits per heavy atom. The van der Waals surface area contributed by atoms with Gasteiger partial charge in [-0.15, -0.1) is 0 Å². The van der Waals surface area contributed by atoms with Crippen molar-refractivity contribution < 1.29 is 9.84 Å². The van der Waals surface area contributed by atoms with Crippen LogP contribution >= 0.6 is 15.9 Å². The van der Waals surface area contributed by atoms with E-state index in [1.54, 1.807) is 12.1 Å². The van der Waals surface area contributed by atoms with Crippen LogP contribution in [0.5, 0.6) is 11.6 Å². The number of phenols is 1. The predicted molar refractivity (Wildman–Crippen MR) is 71.9 cm³/mol. The molecule has 0 aliphatic carbocycles. The maximum Gasteiger partial charge on any atom is 0.213 e. The third-order valence-corrected chi connectivity index (χ3v) is 2.99. The summed E-state index contributed by atoms with van der Waals surface area (Å²) in [5.74, 6) is 0.833. The monoisotopic (exact) mass is 295 g/mol. The van der Waals surface area contributed by atoms with Gasteiger partial charge in [-0.05, 0) is 31.0 Å². The minimum atomic E-state index is 0.224. The van der Waals surface area contributed by atoms with Crippen LogP contribution in [0.15, 0.2) is 30.3 Å². The lowest BCUT2D eigenvalue weighted by Gasteiger charge is -2.05. The number of nitrogens with zero attached hydrogens (tertiary/aromatic N) is 1. The van der Waals surface area contributed by atoms with Crippen LogP contribution in [0.4, 0.5) is 0 Å². The Morgan fingerprint density at radius 3 is 2.82 bits per heavy atom. The number of alkyl halides is 1. The van der Waals surface area contributed by atoms with Crippen LogP contribution in [0.2, 0.25) is 0 Å². The first-order valence-electron chi connectivity index (χ1n) is 5.58. The number of hydrogen-bond acceptors (Lipinski definition) is 3. The first kappa shape index (κ1) is 12.2. The first-order chi connectivity index (χ1) is 8.29. The maximum absolute atomic E-state index is 9.38. The van der Waals surface area contributed by atoms with Crippen molar-refractivity contribution in [3.05, 3.63) is 30.3 Å². The van der Waals surface area contributed by atoms with Crippen molar-refractivity contribution >= 4 is 26.8 Å². The minimum absolute atomic E-state index is 0.224. The van der Waals surface area contributed by atoms with Gasteiger partial charge in [0.05, 0.1) is 12.1 Å². The molecule has 1 aromatic carbocycles. The Morgan fingerprint density at radius 1 is 1.18 bits per heavy atom. The third kappa shape index (κ3) is 3.33. The van der Waals surface area contributed by atoms with Gasteiger partial charge < -0.3 is 9.84 Å². The van der Waals surface area contributed by atoms with Crippen LogP contribution in [-0.2, 0) is 0 Å². The van der Waals surface area contributed by atoms with Crippen molar-refractivity contribution in [3.8, 4) is 11.6 Å². The SMILES string of the molecule is Oc1ccc2ccc(OCCCCBr)nc2c1. The Labute approximate surface area is 109 Å². The average molecular weight is 296 g/mol. The first-order valence-corrected chi connectivity index (χ1v) is 6.70. The summed E-state index contributed by atoms with van der Waals surface area (Å²) in [7, 11) is 0. The van der Waals surface area contributed by atoms with Gasteiger partial charge >= 0.3 is 0 Å². The highest BCUT2D eigenvalue weighted by Crippen LogP contribution is 2.20. The van der Waals surface area contributed by atoms with Gasteiger partial charge in [0.2, 0.25) is 5.88 Å². The number of rotatable bonds is 5. The Hall–Kier alpha value is -1.29. The number of phenolic OH excluding ortho intramolecular Hbond substituents is 1. The fourth-order valence-electron chi connectivity index (χ4n) is 1.54. The Balaban J connectivity index is 2.08. The number of unbranched alkanes of at least 4 members (excludes halogenated alkanes) is 1. The molecule has 4 heteroatoms. The molecule has 90 valence electrons. The highest BCUT2D eigenvalue weighted by atomic mass is 79.9. The van der Waals surface area contributed by atoms with E-state index in [-0.39, 0.29) is 5.75 Å². The number of pyridine rings is 1. The topological polar surface area (TPSA) is 42.4 Å². The van der Waals surface area contributed by atoms with Crippen molar-refractivity contribution in [3.63, 3.8) is 0 Å². The van der Waals surface area contributed by atoms with Gasteiger partial charge in [0, 0.05) is 22.8 Å². The van der Waals surface area contributed by atoms with Crippen molar-refractivity contribution in [1.82, 2.24) is 4.98 Å². The standard InChI is InChI=1S/C13H14BrNO2/c14-7-1-2-8-17-13-6-4-10-3-5-11(16)9-12(10)15-13/h3-6,9,16H,1-2,7-8H2. The second-order valence-corrected chi connectivity index (χ2v) is 4.56. The summed E-state index contributed by atoms with van der Waals surface area (Å²) in [5, 5.41) is 11.4. The number of aromatic nitrogens is 1. The summed E-state index contributed by atoms with van der Waals surface area (Å²) in [6.45, 7) is 0.670. The molecule has 0 amide bonds. The highest BCUT2D eigenvalue weighted by molar-refractivity contribution is 9.09. The molecule has 0 spiro atoms. The van der Waals surface area contributed by atoms with E-state index in [4.69, 9.17) is 4.74 Å². The van der Waals surface area contributed by atoms with Crippen molar-refractivity contribution in [2.75, 3.05) is 11.9 Å². The summed E-state index contributed by atoms with van der Waals surface area (Å²) in [6.07, 6.45) is 2.10. The molecule has 2 aromatic rings. The molecular weight excluding hydrogens is 282 g/mol. The molecule has 3 nitrogen and oxygen atoms in total. The van der Waals surface area contributed by atoms with E-state index in [1.165, 1.54) is 0 Å². The molecule has 1 N–H and O–H groups in total. The molecule has 0 atom stereocenters. The highest BCUT2D eigenvalue weighted by Gasteiger charge is 2.00. The van der Waals surface area contributed by atoms with Gasteiger partial charge in [0.1, 0.15) is 5.75 Å². The second kappa shape index (κ2) is 5.87. The number of halogens is 1. The molecule has 2 rings (SSSR count). The quantitative estimate of drug-likeness (QED) is 0.678. The lowest BCUT2D eigenvalue weighted by atomic mass is 10.2. The van der Waals surface area contributed by atoms with Crippen molar-refractivity contribution in [1.29, 1.82) is 0 Å². The second-order valence-electron chi connectivity index (χ2n) is 3.77. The lowest BCUT2D eigenvalue weighted by Crippen LogP contribution is -1.99. The van der Waals surface area contributed by atoms with Gasteiger partial charge in [-0.2, -0.15) is 0 Å². The summed E-state index contributed by atoms with van der Waals surface area (Å²) < 4.78 is 5.54. The van der Waals surface area contributed by atoms with Gasteiger partial charge in [0.25, 0.3) is 0 Å². The zero-order chi connectivity index (χ0) is 12.1. The van der Waals surface area contributed by atoms with Crippen LogP contribution in [0.1, 0.15) is 12.8 Å². The van der Waals surface area contributed by atoms with E-state index in [0.717, 1.165) is 29.1 Å². The Kier molecular flexibility index (Phi) is 4.20. The van der Waals surface area contributed by atoms with Crippen LogP contribution in [0, 0.1) is 0 Å². The summed E-state index contributed by atoms with van der Waals surface area (Å²) in [6, 6.07) is 8.93. The van der Waals surface area contributed by atoms with Gasteiger partial charge in [0.15, 0.2) is 0 Å². The molecule has 0 saturated heterocycles. The molecule has 0 fully saturated rings. The number of fused-ring (bicyclic) bond motifs is 1. The van der Waals surface area contributed by atoms with E-state index in [9.17, 15) is 5.11 Å². The van der Waals surface area contributed by atoms with Crippen LogP contribution in [-0.4, -0.2) is 22.0 Å². The third-order valence-electron chi connectivity index (χ3n) is 2.43. The maximum atomic E-state index is 9.38. The van der Waals surface area contributed by atoms with E-state index in [0.29, 0.717) is 12.5 Å². The summed E-state index contributed by atoms with van der Waals surface area (Å²) in [4.78, 5) is 4.34. The van der Waals surface area contributed by atoms with Gasteiger partial charge in [-0.1, -0.05) is 15.9 Å². The van der Waals surface area contributed by atoms with Crippen LogP contribution < -0.4 is 4.74 Å². The molecule has 1 heterocycles. The molecule has 0 unspecified atom stereocenters. The van der Waals surface area contributed by atoms with Crippen LogP contribution in [0.3, 0.4) is 0 Å². The fourth-order valence-corrected chi connectivity index (χ4v) is 1.94. The smallest absolute Gasteiger partial charge is 0.213 e. The minimum Gasteiger partial charge on any atom is -0.508 e. The number of benzene rings is 1. The van der Waals surface area contributed by atoms with Gasteiger partial charge in [-0.3, -0.25) is 0 Å². The molecular formula is C13H14BrNO2. The van der Waals surface area contributed by atoms with Gasteiger partial charge in [-0.25, -0.2) is 4.98 Å². The number of aromatic hydroxyl groups is 1. The number of hydrogen-bond donors (Lipinski definition) is 1. The Bertz CT molecular complexity index is 502. The van der Waals surface area contributed by atoms with Crippen molar-refractivity contribution in [2.45, 2.75) is 12.8 Å². The molecule has 0 aliphatic heterocycles. The lowest BCUT2D eigenvalue weighted by molar-refractivity contribution is 0.299. The molecule has 0 aliphatic rings.